The number of sulfonamides is 1. The zero-order valence-electron chi connectivity index (χ0n) is 12.5. The van der Waals surface area contributed by atoms with Crippen LogP contribution in [0, 0.1) is 19.7 Å². The predicted molar refractivity (Wildman–Crippen MR) is 79.6 cm³/mol. The lowest BCUT2D eigenvalue weighted by atomic mass is 10.1. The Morgan fingerprint density at radius 1 is 1.40 bits per heavy atom. The number of nitrogen functional groups attached to an aromatic ring is 1. The summed E-state index contributed by atoms with van der Waals surface area (Å²) in [5.41, 5.74) is 6.11. The Balaban J connectivity index is 3.14. The molecule has 1 rings (SSSR count). The van der Waals surface area contributed by atoms with E-state index in [1.54, 1.807) is 6.92 Å². The molecule has 0 amide bonds. The molecule has 0 heterocycles. The third-order valence-corrected chi connectivity index (χ3v) is 5.20. The van der Waals surface area contributed by atoms with E-state index in [-0.39, 0.29) is 22.2 Å². The summed E-state index contributed by atoms with van der Waals surface area (Å²) < 4.78 is 41.0. The number of aryl methyl sites for hydroxylation is 1. The molecule has 0 fully saturated rings. The summed E-state index contributed by atoms with van der Waals surface area (Å²) in [6.45, 7) is 6.97. The van der Waals surface area contributed by atoms with Gasteiger partial charge >= 0.3 is 0 Å². The maximum atomic E-state index is 13.5. The molecule has 0 aromatic heterocycles. The standard InChI is InChI=1S/C14H23FN2O2S/c1-5-6-7-10(3)17-20(18,19)14-9(2)8-12(15)13(16)11(14)4/h8,10,17H,5-7,16H2,1-4H3. The molecule has 1 unspecified atom stereocenters. The summed E-state index contributed by atoms with van der Waals surface area (Å²) >= 11 is 0. The molecule has 0 aliphatic heterocycles. The Morgan fingerprint density at radius 3 is 2.55 bits per heavy atom. The quantitative estimate of drug-likeness (QED) is 0.794. The number of anilines is 1. The van der Waals surface area contributed by atoms with Gasteiger partial charge in [-0.25, -0.2) is 17.5 Å². The Hall–Kier alpha value is -1.14. The third kappa shape index (κ3) is 3.70. The number of nitrogens with two attached hydrogens (primary N) is 1. The minimum atomic E-state index is -3.69. The van der Waals surface area contributed by atoms with Crippen LogP contribution in [0.2, 0.25) is 0 Å². The van der Waals surface area contributed by atoms with Gasteiger partial charge in [0.15, 0.2) is 0 Å². The van der Waals surface area contributed by atoms with Crippen LogP contribution >= 0.6 is 0 Å². The molecule has 6 heteroatoms. The topological polar surface area (TPSA) is 72.2 Å². The molecule has 0 radical (unpaired) electrons. The zero-order valence-corrected chi connectivity index (χ0v) is 13.3. The number of hydrogen-bond acceptors (Lipinski definition) is 3. The highest BCUT2D eigenvalue weighted by atomic mass is 32.2. The third-order valence-electron chi connectivity index (χ3n) is 3.32. The Labute approximate surface area is 120 Å². The number of unbranched alkanes of at least 4 members (excludes halogenated alkanes) is 1. The van der Waals surface area contributed by atoms with Crippen LogP contribution in [0.5, 0.6) is 0 Å². The molecule has 0 saturated heterocycles. The maximum Gasteiger partial charge on any atom is 0.241 e. The molecule has 1 atom stereocenters. The summed E-state index contributed by atoms with van der Waals surface area (Å²) in [6, 6.07) is 0.998. The summed E-state index contributed by atoms with van der Waals surface area (Å²) in [5, 5.41) is 0. The number of hydrogen-bond donors (Lipinski definition) is 2. The van der Waals surface area contributed by atoms with Crippen LogP contribution in [0.4, 0.5) is 10.1 Å². The molecular formula is C14H23FN2O2S. The minimum Gasteiger partial charge on any atom is -0.396 e. The SMILES string of the molecule is CCCCC(C)NS(=O)(=O)c1c(C)cc(F)c(N)c1C. The van der Waals surface area contributed by atoms with E-state index in [4.69, 9.17) is 5.73 Å². The van der Waals surface area contributed by atoms with Crippen LogP contribution in [-0.4, -0.2) is 14.5 Å². The molecule has 0 aliphatic rings. The molecule has 0 bridgehead atoms. The van der Waals surface area contributed by atoms with Crippen molar-refractivity contribution in [1.29, 1.82) is 0 Å². The zero-order chi connectivity index (χ0) is 15.5. The predicted octanol–water partition coefficient (Wildman–Crippen LogP) is 2.88. The van der Waals surface area contributed by atoms with Crippen molar-refractivity contribution in [2.75, 3.05) is 5.73 Å². The summed E-state index contributed by atoms with van der Waals surface area (Å²) in [5.74, 6) is -0.585. The highest BCUT2D eigenvalue weighted by Crippen LogP contribution is 2.27. The highest BCUT2D eigenvalue weighted by molar-refractivity contribution is 7.89. The van der Waals surface area contributed by atoms with Crippen LogP contribution in [0.25, 0.3) is 0 Å². The van der Waals surface area contributed by atoms with Crippen molar-refractivity contribution in [3.8, 4) is 0 Å². The van der Waals surface area contributed by atoms with Crippen molar-refractivity contribution in [3.05, 3.63) is 23.0 Å². The number of rotatable bonds is 6. The smallest absolute Gasteiger partial charge is 0.241 e. The van der Waals surface area contributed by atoms with Gasteiger partial charge in [-0.2, -0.15) is 0 Å². The molecular weight excluding hydrogens is 279 g/mol. The second-order valence-electron chi connectivity index (χ2n) is 5.21. The van der Waals surface area contributed by atoms with Crippen molar-refractivity contribution < 1.29 is 12.8 Å². The highest BCUT2D eigenvalue weighted by Gasteiger charge is 2.24. The van der Waals surface area contributed by atoms with Crippen molar-refractivity contribution in [2.45, 2.75) is 57.9 Å². The second-order valence-corrected chi connectivity index (χ2v) is 6.86. The lowest BCUT2D eigenvalue weighted by molar-refractivity contribution is 0.533. The average Bonchev–Trinajstić information content (AvgIpc) is 2.32. The molecule has 1 aromatic carbocycles. The largest absolute Gasteiger partial charge is 0.396 e. The molecule has 0 aliphatic carbocycles. The van der Waals surface area contributed by atoms with E-state index >= 15 is 0 Å². The average molecular weight is 302 g/mol. The normalized spacial score (nSPS) is 13.4. The first-order valence-electron chi connectivity index (χ1n) is 6.78. The van der Waals surface area contributed by atoms with E-state index < -0.39 is 15.8 Å². The van der Waals surface area contributed by atoms with E-state index in [2.05, 4.69) is 11.6 Å². The fourth-order valence-corrected chi connectivity index (χ4v) is 4.00. The first-order valence-corrected chi connectivity index (χ1v) is 8.26. The van der Waals surface area contributed by atoms with Gasteiger partial charge in [-0.3, -0.25) is 0 Å². The van der Waals surface area contributed by atoms with Crippen molar-refractivity contribution in [3.63, 3.8) is 0 Å². The van der Waals surface area contributed by atoms with Gasteiger partial charge in [0.05, 0.1) is 10.6 Å². The van der Waals surface area contributed by atoms with E-state index in [0.29, 0.717) is 5.56 Å². The van der Waals surface area contributed by atoms with Crippen molar-refractivity contribution in [1.82, 2.24) is 4.72 Å². The van der Waals surface area contributed by atoms with Gasteiger partial charge in [-0.1, -0.05) is 19.8 Å². The fraction of sp³-hybridized carbons (Fsp3) is 0.571. The lowest BCUT2D eigenvalue weighted by Gasteiger charge is -2.18. The fourth-order valence-electron chi connectivity index (χ4n) is 2.24. The van der Waals surface area contributed by atoms with Gasteiger partial charge in [0, 0.05) is 6.04 Å². The maximum absolute atomic E-state index is 13.5. The number of halogens is 1. The second kappa shape index (κ2) is 6.54. The van der Waals surface area contributed by atoms with Gasteiger partial charge in [0.25, 0.3) is 0 Å². The van der Waals surface area contributed by atoms with Crippen molar-refractivity contribution in [2.24, 2.45) is 0 Å². The van der Waals surface area contributed by atoms with Crippen molar-refractivity contribution >= 4 is 15.7 Å². The van der Waals surface area contributed by atoms with Crippen LogP contribution in [0.1, 0.15) is 44.2 Å². The summed E-state index contributed by atoms with van der Waals surface area (Å²) in [4.78, 5) is 0.0831. The van der Waals surface area contributed by atoms with E-state index in [1.165, 1.54) is 6.92 Å². The van der Waals surface area contributed by atoms with Gasteiger partial charge < -0.3 is 5.73 Å². The molecule has 20 heavy (non-hydrogen) atoms. The van der Waals surface area contributed by atoms with Crippen LogP contribution in [-0.2, 0) is 10.0 Å². The van der Waals surface area contributed by atoms with Gasteiger partial charge in [-0.15, -0.1) is 0 Å². The molecule has 3 N–H and O–H groups in total. The van der Waals surface area contributed by atoms with Crippen LogP contribution in [0.15, 0.2) is 11.0 Å². The molecule has 0 saturated carbocycles. The number of benzene rings is 1. The Morgan fingerprint density at radius 2 is 2.00 bits per heavy atom. The van der Waals surface area contributed by atoms with E-state index in [0.717, 1.165) is 25.3 Å². The number of nitrogens with one attached hydrogen (secondary N) is 1. The van der Waals surface area contributed by atoms with E-state index in [1.807, 2.05) is 6.92 Å². The first kappa shape index (κ1) is 16.9. The van der Waals surface area contributed by atoms with Gasteiger partial charge in [0.2, 0.25) is 10.0 Å². The summed E-state index contributed by atoms with van der Waals surface area (Å²) in [6.07, 6.45) is 2.73. The monoisotopic (exact) mass is 302 g/mol. The Kier molecular flexibility index (Phi) is 5.53. The van der Waals surface area contributed by atoms with Crippen LogP contribution < -0.4 is 10.5 Å². The molecule has 4 nitrogen and oxygen atoms in total. The lowest BCUT2D eigenvalue weighted by Crippen LogP contribution is -2.33. The summed E-state index contributed by atoms with van der Waals surface area (Å²) in [7, 11) is -3.69. The Bertz CT molecular complexity index is 585. The van der Waals surface area contributed by atoms with Gasteiger partial charge in [0.1, 0.15) is 5.82 Å². The molecule has 0 spiro atoms. The minimum absolute atomic E-state index is 0.0831. The van der Waals surface area contributed by atoms with Gasteiger partial charge in [-0.05, 0) is 44.4 Å². The first-order chi connectivity index (χ1) is 9.20. The van der Waals surface area contributed by atoms with E-state index in [9.17, 15) is 12.8 Å². The molecule has 1 aromatic rings. The van der Waals surface area contributed by atoms with Crippen LogP contribution in [0.3, 0.4) is 0 Å². The molecule has 114 valence electrons.